The lowest BCUT2D eigenvalue weighted by molar-refractivity contribution is -0.116. The van der Waals surface area contributed by atoms with Crippen molar-refractivity contribution >= 4 is 5.78 Å². The number of carbonyl (C=O) groups excluding carboxylic acids is 1. The summed E-state index contributed by atoms with van der Waals surface area (Å²) in [5.74, 6) is 0.219. The van der Waals surface area contributed by atoms with Crippen LogP contribution in [0.15, 0.2) is 24.3 Å². The minimum atomic E-state index is 0.160. The Morgan fingerprint density at radius 3 is 2.43 bits per heavy atom. The van der Waals surface area contributed by atoms with Crippen LogP contribution >= 0.6 is 0 Å². The largest absolute Gasteiger partial charge is 0.300 e. The van der Waals surface area contributed by atoms with E-state index in [0.717, 1.165) is 5.56 Å². The number of carbonyl (C=O) groups is 1. The molecule has 76 valence electrons. The maximum Gasteiger partial charge on any atom is 0.134 e. The van der Waals surface area contributed by atoms with Crippen molar-refractivity contribution < 1.29 is 4.79 Å². The second-order valence-electron chi connectivity index (χ2n) is 4.83. The monoisotopic (exact) mass is 190 g/mol. The van der Waals surface area contributed by atoms with Gasteiger partial charge in [-0.1, -0.05) is 45.0 Å². The number of hydrogen-bond donors (Lipinski definition) is 0. The van der Waals surface area contributed by atoms with Crippen LogP contribution in [0.3, 0.4) is 0 Å². The lowest BCUT2D eigenvalue weighted by Gasteiger charge is -2.19. The summed E-state index contributed by atoms with van der Waals surface area (Å²) in [6.07, 6.45) is 0.546. The molecule has 0 fully saturated rings. The summed E-state index contributed by atoms with van der Waals surface area (Å²) in [6, 6.07) is 8.28. The zero-order chi connectivity index (χ0) is 10.8. The average molecular weight is 190 g/mol. The van der Waals surface area contributed by atoms with Crippen molar-refractivity contribution in [3.05, 3.63) is 35.4 Å². The van der Waals surface area contributed by atoms with Gasteiger partial charge in [0.25, 0.3) is 0 Å². The highest BCUT2D eigenvalue weighted by Crippen LogP contribution is 2.22. The summed E-state index contributed by atoms with van der Waals surface area (Å²) in [5.41, 5.74) is 2.56. The summed E-state index contributed by atoms with van der Waals surface area (Å²) < 4.78 is 0. The first-order valence-electron chi connectivity index (χ1n) is 4.98. The van der Waals surface area contributed by atoms with E-state index in [1.165, 1.54) is 5.56 Å². The first kappa shape index (κ1) is 11.0. The van der Waals surface area contributed by atoms with Crippen molar-refractivity contribution in [3.8, 4) is 0 Å². The van der Waals surface area contributed by atoms with E-state index in [-0.39, 0.29) is 11.2 Å². The molecule has 0 radical (unpaired) electrons. The van der Waals surface area contributed by atoms with Crippen molar-refractivity contribution in [1.82, 2.24) is 0 Å². The number of Topliss-reactive ketones (excluding diaryl/α,β-unsaturated/α-hetero) is 1. The molecular formula is C13H18O. The highest BCUT2D eigenvalue weighted by atomic mass is 16.1. The Balaban J connectivity index is 2.95. The maximum atomic E-state index is 11.0. The van der Waals surface area contributed by atoms with Crippen molar-refractivity contribution in [1.29, 1.82) is 0 Å². The predicted octanol–water partition coefficient (Wildman–Crippen LogP) is 3.12. The molecule has 0 unspecified atom stereocenters. The first-order chi connectivity index (χ1) is 6.39. The average Bonchev–Trinajstić information content (AvgIpc) is 2.01. The SMILES string of the molecule is CC(=O)Cc1cccc(C(C)(C)C)c1. The molecule has 0 saturated heterocycles. The fraction of sp³-hybridized carbons (Fsp3) is 0.462. The summed E-state index contributed by atoms with van der Waals surface area (Å²) in [7, 11) is 0. The predicted molar refractivity (Wildman–Crippen MR) is 59.5 cm³/mol. The number of hydrogen-bond acceptors (Lipinski definition) is 1. The van der Waals surface area contributed by atoms with Gasteiger partial charge < -0.3 is 0 Å². The number of benzene rings is 1. The van der Waals surface area contributed by atoms with E-state index in [1.54, 1.807) is 6.92 Å². The lowest BCUT2D eigenvalue weighted by Crippen LogP contribution is -2.11. The van der Waals surface area contributed by atoms with Gasteiger partial charge in [-0.15, -0.1) is 0 Å². The zero-order valence-corrected chi connectivity index (χ0v) is 9.42. The van der Waals surface area contributed by atoms with Gasteiger partial charge in [-0.3, -0.25) is 4.79 Å². The van der Waals surface area contributed by atoms with Gasteiger partial charge in [-0.2, -0.15) is 0 Å². The van der Waals surface area contributed by atoms with Gasteiger partial charge in [0.1, 0.15) is 5.78 Å². The van der Waals surface area contributed by atoms with E-state index in [1.807, 2.05) is 12.1 Å². The fourth-order valence-corrected chi connectivity index (χ4v) is 1.44. The molecule has 14 heavy (non-hydrogen) atoms. The van der Waals surface area contributed by atoms with E-state index in [0.29, 0.717) is 6.42 Å². The quantitative estimate of drug-likeness (QED) is 0.700. The molecule has 0 aliphatic rings. The van der Waals surface area contributed by atoms with Crippen molar-refractivity contribution in [3.63, 3.8) is 0 Å². The van der Waals surface area contributed by atoms with Gasteiger partial charge in [-0.25, -0.2) is 0 Å². The van der Waals surface area contributed by atoms with Gasteiger partial charge in [-0.05, 0) is 23.5 Å². The van der Waals surface area contributed by atoms with Gasteiger partial charge in [0.15, 0.2) is 0 Å². The molecule has 0 saturated carbocycles. The normalized spacial score (nSPS) is 11.4. The minimum absolute atomic E-state index is 0.160. The van der Waals surface area contributed by atoms with E-state index in [9.17, 15) is 4.79 Å². The van der Waals surface area contributed by atoms with Crippen LogP contribution in [-0.4, -0.2) is 5.78 Å². The molecule has 0 heterocycles. The third-order valence-corrected chi connectivity index (χ3v) is 2.25. The Bertz CT molecular complexity index is 331. The molecule has 1 heteroatoms. The van der Waals surface area contributed by atoms with Crippen LogP contribution in [0.5, 0.6) is 0 Å². The summed E-state index contributed by atoms with van der Waals surface area (Å²) in [4.78, 5) is 11.0. The van der Waals surface area contributed by atoms with Crippen LogP contribution in [-0.2, 0) is 16.6 Å². The standard InChI is InChI=1S/C13H18O/c1-10(14)8-11-6-5-7-12(9-11)13(2,3)4/h5-7,9H,8H2,1-4H3. The Morgan fingerprint density at radius 2 is 1.93 bits per heavy atom. The van der Waals surface area contributed by atoms with Crippen LogP contribution < -0.4 is 0 Å². The smallest absolute Gasteiger partial charge is 0.134 e. The molecule has 0 N–H and O–H groups in total. The molecule has 0 aliphatic carbocycles. The molecule has 0 bridgehead atoms. The first-order valence-corrected chi connectivity index (χ1v) is 4.98. The number of ketones is 1. The van der Waals surface area contributed by atoms with Crippen molar-refractivity contribution in [2.24, 2.45) is 0 Å². The highest BCUT2D eigenvalue weighted by Gasteiger charge is 2.13. The third-order valence-electron chi connectivity index (χ3n) is 2.25. The molecule has 0 aliphatic heterocycles. The van der Waals surface area contributed by atoms with Crippen molar-refractivity contribution in [2.75, 3.05) is 0 Å². The lowest BCUT2D eigenvalue weighted by atomic mass is 9.86. The van der Waals surface area contributed by atoms with E-state index >= 15 is 0 Å². The summed E-state index contributed by atoms with van der Waals surface area (Å²) in [6.45, 7) is 8.17. The Kier molecular flexibility index (Phi) is 3.10. The Morgan fingerprint density at radius 1 is 1.29 bits per heavy atom. The molecule has 1 rings (SSSR count). The van der Waals surface area contributed by atoms with Crippen LogP contribution in [0, 0.1) is 0 Å². The second kappa shape index (κ2) is 3.95. The van der Waals surface area contributed by atoms with Crippen LogP contribution in [0.4, 0.5) is 0 Å². The van der Waals surface area contributed by atoms with E-state index in [2.05, 4.69) is 32.9 Å². The van der Waals surface area contributed by atoms with Crippen LogP contribution in [0.2, 0.25) is 0 Å². The van der Waals surface area contributed by atoms with Gasteiger partial charge in [0.05, 0.1) is 0 Å². The van der Waals surface area contributed by atoms with Gasteiger partial charge in [0, 0.05) is 6.42 Å². The number of rotatable bonds is 2. The van der Waals surface area contributed by atoms with Gasteiger partial charge >= 0.3 is 0 Å². The summed E-state index contributed by atoms with van der Waals surface area (Å²) >= 11 is 0. The molecule has 1 aromatic carbocycles. The molecule has 0 amide bonds. The maximum absolute atomic E-state index is 11.0. The molecule has 0 atom stereocenters. The van der Waals surface area contributed by atoms with Gasteiger partial charge in [0.2, 0.25) is 0 Å². The summed E-state index contributed by atoms with van der Waals surface area (Å²) in [5, 5.41) is 0. The minimum Gasteiger partial charge on any atom is -0.300 e. The molecular weight excluding hydrogens is 172 g/mol. The zero-order valence-electron chi connectivity index (χ0n) is 9.42. The topological polar surface area (TPSA) is 17.1 Å². The Labute approximate surface area is 86.1 Å². The second-order valence-corrected chi connectivity index (χ2v) is 4.83. The molecule has 1 aromatic rings. The van der Waals surface area contributed by atoms with Crippen LogP contribution in [0.25, 0.3) is 0 Å². The van der Waals surface area contributed by atoms with Crippen LogP contribution in [0.1, 0.15) is 38.8 Å². The molecule has 0 spiro atoms. The molecule has 1 nitrogen and oxygen atoms in total. The fourth-order valence-electron chi connectivity index (χ4n) is 1.44. The third kappa shape index (κ3) is 2.99. The van der Waals surface area contributed by atoms with Crippen molar-refractivity contribution in [2.45, 2.75) is 39.5 Å². The highest BCUT2D eigenvalue weighted by molar-refractivity contribution is 5.78. The van der Waals surface area contributed by atoms with E-state index < -0.39 is 0 Å². The Hall–Kier alpha value is -1.11. The van der Waals surface area contributed by atoms with E-state index in [4.69, 9.17) is 0 Å². The molecule has 0 aromatic heterocycles.